The molecule has 0 unspecified atom stereocenters. The molecule has 0 atom stereocenters. The number of aromatic nitrogens is 2. The maximum Gasteiger partial charge on any atom is 0.246 e. The number of halogens is 2. The molecule has 0 aromatic carbocycles. The molecule has 1 amide bonds. The number of carbonyl (C=O) groups excluding carboxylic acids is 1. The van der Waals surface area contributed by atoms with Gasteiger partial charge in [-0.25, -0.2) is 0 Å². The van der Waals surface area contributed by atoms with Crippen molar-refractivity contribution in [1.29, 1.82) is 0 Å². The van der Waals surface area contributed by atoms with E-state index in [0.29, 0.717) is 17.6 Å². The van der Waals surface area contributed by atoms with Crippen molar-refractivity contribution < 1.29 is 4.79 Å². The van der Waals surface area contributed by atoms with Crippen LogP contribution in [0, 0.1) is 12.8 Å². The zero-order chi connectivity index (χ0) is 14.7. The molecule has 2 N–H and O–H groups in total. The molecule has 1 aliphatic heterocycles. The molecular weight excluding hydrogens is 311 g/mol. The summed E-state index contributed by atoms with van der Waals surface area (Å²) in [5.74, 6) is 0.581. The molecule has 118 valence electrons. The summed E-state index contributed by atoms with van der Waals surface area (Å²) in [5, 5.41) is 4.77. The van der Waals surface area contributed by atoms with Crippen molar-refractivity contribution in [3.05, 3.63) is 22.5 Å². The first-order chi connectivity index (χ1) is 9.52. The minimum Gasteiger partial charge on any atom is -0.339 e. The smallest absolute Gasteiger partial charge is 0.246 e. The van der Waals surface area contributed by atoms with Crippen LogP contribution in [0.5, 0.6) is 0 Å². The van der Waals surface area contributed by atoms with E-state index in [-0.39, 0.29) is 18.3 Å². The van der Waals surface area contributed by atoms with Crippen LogP contribution in [0.3, 0.4) is 0 Å². The van der Waals surface area contributed by atoms with Gasteiger partial charge in [-0.1, -0.05) is 11.6 Å². The molecule has 1 saturated heterocycles. The van der Waals surface area contributed by atoms with Gasteiger partial charge in [-0.3, -0.25) is 9.48 Å². The van der Waals surface area contributed by atoms with Gasteiger partial charge in [-0.2, -0.15) is 5.10 Å². The number of hydrogen-bond acceptors (Lipinski definition) is 3. The molecule has 7 heteroatoms. The minimum absolute atomic E-state index is 0. The van der Waals surface area contributed by atoms with Gasteiger partial charge in [0, 0.05) is 31.8 Å². The summed E-state index contributed by atoms with van der Waals surface area (Å²) in [6.07, 6.45) is 5.31. The molecule has 0 bridgehead atoms. The molecule has 1 aromatic rings. The molecule has 1 aliphatic rings. The Morgan fingerprint density at radius 2 is 2.10 bits per heavy atom. The summed E-state index contributed by atoms with van der Waals surface area (Å²) in [4.78, 5) is 14.0. The van der Waals surface area contributed by atoms with Gasteiger partial charge in [0.25, 0.3) is 0 Å². The van der Waals surface area contributed by atoms with Crippen molar-refractivity contribution in [2.45, 2.75) is 19.8 Å². The van der Waals surface area contributed by atoms with Crippen LogP contribution in [-0.2, 0) is 11.8 Å². The Kier molecular flexibility index (Phi) is 6.71. The lowest BCUT2D eigenvalue weighted by Crippen LogP contribution is -2.39. The van der Waals surface area contributed by atoms with Gasteiger partial charge in [-0.15, -0.1) is 12.4 Å². The van der Waals surface area contributed by atoms with Crippen molar-refractivity contribution in [2.24, 2.45) is 18.7 Å². The van der Waals surface area contributed by atoms with Crippen LogP contribution in [0.1, 0.15) is 24.1 Å². The number of carbonyl (C=O) groups is 1. The second-order valence-electron chi connectivity index (χ2n) is 5.25. The largest absolute Gasteiger partial charge is 0.339 e. The van der Waals surface area contributed by atoms with Crippen molar-refractivity contribution in [3.63, 3.8) is 0 Å². The Morgan fingerprint density at radius 1 is 1.48 bits per heavy atom. The Morgan fingerprint density at radius 3 is 2.57 bits per heavy atom. The third-order valence-corrected chi connectivity index (χ3v) is 4.30. The molecule has 0 saturated carbocycles. The number of nitrogens with two attached hydrogens (primary N) is 1. The van der Waals surface area contributed by atoms with Gasteiger partial charge >= 0.3 is 0 Å². The van der Waals surface area contributed by atoms with Crippen molar-refractivity contribution >= 4 is 36.0 Å². The molecule has 0 spiro atoms. The van der Waals surface area contributed by atoms with E-state index in [2.05, 4.69) is 5.10 Å². The monoisotopic (exact) mass is 332 g/mol. The first-order valence-corrected chi connectivity index (χ1v) is 7.27. The summed E-state index contributed by atoms with van der Waals surface area (Å²) in [7, 11) is 1.78. The SMILES string of the molecule is Cc1nn(C)c(Cl)c1C=CC(=O)N1CCC(CN)CC1.Cl. The molecule has 2 heterocycles. The van der Waals surface area contributed by atoms with Crippen LogP contribution in [0.15, 0.2) is 6.08 Å². The number of nitrogens with zero attached hydrogens (tertiary/aromatic N) is 3. The number of aryl methyl sites for hydroxylation is 2. The van der Waals surface area contributed by atoms with E-state index in [0.717, 1.165) is 37.2 Å². The predicted molar refractivity (Wildman–Crippen MR) is 87.6 cm³/mol. The summed E-state index contributed by atoms with van der Waals surface area (Å²) in [6.45, 7) is 4.15. The van der Waals surface area contributed by atoms with Crippen LogP contribution < -0.4 is 5.73 Å². The summed E-state index contributed by atoms with van der Waals surface area (Å²) in [6, 6.07) is 0. The lowest BCUT2D eigenvalue weighted by Gasteiger charge is -2.30. The maximum atomic E-state index is 12.1. The highest BCUT2D eigenvalue weighted by atomic mass is 35.5. The average molecular weight is 333 g/mol. The van der Waals surface area contributed by atoms with E-state index in [1.165, 1.54) is 0 Å². The van der Waals surface area contributed by atoms with E-state index in [9.17, 15) is 4.79 Å². The molecular formula is C14H22Cl2N4O. The normalized spacial score (nSPS) is 16.3. The fourth-order valence-electron chi connectivity index (χ4n) is 2.48. The first kappa shape index (κ1) is 18.0. The third kappa shape index (κ3) is 4.22. The van der Waals surface area contributed by atoms with Crippen LogP contribution in [0.4, 0.5) is 0 Å². The standard InChI is InChI=1S/C14H21ClN4O.ClH/c1-10-12(14(15)18(2)17-10)3-4-13(20)19-7-5-11(9-16)6-8-19;/h3-4,11H,5-9,16H2,1-2H3;1H. The second-order valence-corrected chi connectivity index (χ2v) is 5.61. The van der Waals surface area contributed by atoms with E-state index in [1.54, 1.807) is 23.9 Å². The number of amides is 1. The predicted octanol–water partition coefficient (Wildman–Crippen LogP) is 2.01. The van der Waals surface area contributed by atoms with Crippen LogP contribution in [0.2, 0.25) is 5.15 Å². The number of likely N-dealkylation sites (tertiary alicyclic amines) is 1. The molecule has 5 nitrogen and oxygen atoms in total. The maximum absolute atomic E-state index is 12.1. The highest BCUT2D eigenvalue weighted by Crippen LogP contribution is 2.21. The fourth-order valence-corrected chi connectivity index (χ4v) is 2.72. The van der Waals surface area contributed by atoms with E-state index < -0.39 is 0 Å². The van der Waals surface area contributed by atoms with E-state index in [1.807, 2.05) is 11.8 Å². The summed E-state index contributed by atoms with van der Waals surface area (Å²) >= 11 is 6.13. The van der Waals surface area contributed by atoms with Gasteiger partial charge < -0.3 is 10.6 Å². The summed E-state index contributed by atoms with van der Waals surface area (Å²) in [5.41, 5.74) is 7.28. The number of rotatable bonds is 3. The molecule has 1 aromatic heterocycles. The van der Waals surface area contributed by atoms with Gasteiger partial charge in [0.2, 0.25) is 5.91 Å². The molecule has 21 heavy (non-hydrogen) atoms. The van der Waals surface area contributed by atoms with E-state index in [4.69, 9.17) is 17.3 Å². The lowest BCUT2D eigenvalue weighted by atomic mass is 9.97. The Hall–Kier alpha value is -1.04. The van der Waals surface area contributed by atoms with Crippen molar-refractivity contribution in [2.75, 3.05) is 19.6 Å². The number of piperidine rings is 1. The van der Waals surface area contributed by atoms with Crippen LogP contribution >= 0.6 is 24.0 Å². The quantitative estimate of drug-likeness (QED) is 0.861. The topological polar surface area (TPSA) is 64.2 Å². The van der Waals surface area contributed by atoms with Crippen molar-refractivity contribution in [3.8, 4) is 0 Å². The van der Waals surface area contributed by atoms with Gasteiger partial charge in [0.1, 0.15) is 5.15 Å². The molecule has 0 radical (unpaired) electrons. The van der Waals surface area contributed by atoms with E-state index >= 15 is 0 Å². The highest BCUT2D eigenvalue weighted by molar-refractivity contribution is 6.31. The molecule has 0 aliphatic carbocycles. The fraction of sp³-hybridized carbons (Fsp3) is 0.571. The summed E-state index contributed by atoms with van der Waals surface area (Å²) < 4.78 is 1.60. The average Bonchev–Trinajstić information content (AvgIpc) is 2.70. The van der Waals surface area contributed by atoms with Gasteiger partial charge in [0.05, 0.1) is 5.69 Å². The minimum atomic E-state index is 0. The van der Waals surface area contributed by atoms with Gasteiger partial charge in [0.15, 0.2) is 0 Å². The van der Waals surface area contributed by atoms with Crippen LogP contribution in [-0.4, -0.2) is 40.2 Å². The Bertz CT molecular complexity index is 519. The van der Waals surface area contributed by atoms with Crippen molar-refractivity contribution in [1.82, 2.24) is 14.7 Å². The zero-order valence-electron chi connectivity index (χ0n) is 12.4. The second kappa shape index (κ2) is 7.82. The Labute approximate surface area is 136 Å². The molecule has 1 fully saturated rings. The highest BCUT2D eigenvalue weighted by Gasteiger charge is 2.20. The number of hydrogen-bond donors (Lipinski definition) is 1. The third-order valence-electron chi connectivity index (χ3n) is 3.85. The zero-order valence-corrected chi connectivity index (χ0v) is 14.0. The Balaban J connectivity index is 0.00000220. The first-order valence-electron chi connectivity index (χ1n) is 6.89. The lowest BCUT2D eigenvalue weighted by molar-refractivity contribution is -0.127. The van der Waals surface area contributed by atoms with Crippen LogP contribution in [0.25, 0.3) is 6.08 Å². The molecule has 2 rings (SSSR count). The van der Waals surface area contributed by atoms with Gasteiger partial charge in [-0.05, 0) is 38.3 Å².